The van der Waals surface area contributed by atoms with Gasteiger partial charge in [-0.3, -0.25) is 0 Å². The predicted octanol–water partition coefficient (Wildman–Crippen LogP) is 4.64. The van der Waals surface area contributed by atoms with Crippen molar-refractivity contribution in [3.8, 4) is 22.6 Å². The topological polar surface area (TPSA) is 49.7 Å². The van der Waals surface area contributed by atoms with Crippen LogP contribution < -0.4 is 4.74 Å². The third-order valence-corrected chi connectivity index (χ3v) is 4.26. The summed E-state index contributed by atoms with van der Waals surface area (Å²) in [5, 5.41) is 20.6. The molecule has 0 spiro atoms. The molecule has 3 nitrogen and oxygen atoms in total. The van der Waals surface area contributed by atoms with Gasteiger partial charge in [0, 0.05) is 22.5 Å². The van der Waals surface area contributed by atoms with E-state index in [-0.39, 0.29) is 33.7 Å². The second kappa shape index (κ2) is 7.51. The number of aliphatic hydroxyl groups is 1. The maximum Gasteiger partial charge on any atom is 0.166 e. The van der Waals surface area contributed by atoms with Crippen LogP contribution in [-0.2, 0) is 0 Å². The highest BCUT2D eigenvalue weighted by Crippen LogP contribution is 2.43. The van der Waals surface area contributed by atoms with E-state index in [1.165, 1.54) is 0 Å². The summed E-state index contributed by atoms with van der Waals surface area (Å²) in [5.41, 5.74) is 0.438. The second-order valence-electron chi connectivity index (χ2n) is 4.52. The van der Waals surface area contributed by atoms with Crippen LogP contribution in [0.1, 0.15) is 0 Å². The van der Waals surface area contributed by atoms with Crippen molar-refractivity contribution in [3.05, 3.63) is 46.2 Å². The summed E-state index contributed by atoms with van der Waals surface area (Å²) < 4.78 is 19.1. The summed E-state index contributed by atoms with van der Waals surface area (Å²) in [7, 11) is 0. The summed E-state index contributed by atoms with van der Waals surface area (Å²) >= 11 is 15.3. The number of alkyl halides is 1. The summed E-state index contributed by atoms with van der Waals surface area (Å²) in [6, 6.07) is 6.97. The van der Waals surface area contributed by atoms with Gasteiger partial charge in [0.1, 0.15) is 12.4 Å². The SMILES string of the molecule is Oc1c(OCC(O)CBr)cc(F)cc1-c1c(Cl)cccc1Cl. The molecule has 1 unspecified atom stereocenters. The van der Waals surface area contributed by atoms with Gasteiger partial charge in [-0.1, -0.05) is 45.2 Å². The van der Waals surface area contributed by atoms with E-state index < -0.39 is 11.9 Å². The van der Waals surface area contributed by atoms with Gasteiger partial charge in [0.2, 0.25) is 0 Å². The first-order valence-corrected chi connectivity index (χ1v) is 8.15. The zero-order valence-corrected chi connectivity index (χ0v) is 14.3. The molecule has 0 aromatic heterocycles. The smallest absolute Gasteiger partial charge is 0.166 e. The van der Waals surface area contributed by atoms with Gasteiger partial charge in [0.05, 0.1) is 16.1 Å². The Balaban J connectivity index is 2.47. The van der Waals surface area contributed by atoms with Gasteiger partial charge in [-0.25, -0.2) is 4.39 Å². The Morgan fingerprint density at radius 2 is 1.86 bits per heavy atom. The van der Waals surface area contributed by atoms with Gasteiger partial charge in [-0.2, -0.15) is 0 Å². The largest absolute Gasteiger partial charge is 0.504 e. The van der Waals surface area contributed by atoms with E-state index in [2.05, 4.69) is 15.9 Å². The monoisotopic (exact) mass is 408 g/mol. The van der Waals surface area contributed by atoms with Crippen LogP contribution in [-0.4, -0.2) is 28.3 Å². The third-order valence-electron chi connectivity index (χ3n) is 2.88. The third kappa shape index (κ3) is 3.84. The number of halogens is 4. The highest BCUT2D eigenvalue weighted by atomic mass is 79.9. The van der Waals surface area contributed by atoms with Crippen molar-refractivity contribution in [1.82, 2.24) is 0 Å². The zero-order chi connectivity index (χ0) is 16.3. The molecule has 2 aromatic rings. The molecule has 0 aliphatic rings. The number of hydrogen-bond acceptors (Lipinski definition) is 3. The molecule has 2 N–H and O–H groups in total. The molecule has 0 saturated carbocycles. The van der Waals surface area contributed by atoms with Gasteiger partial charge in [-0.05, 0) is 18.2 Å². The molecule has 2 rings (SSSR count). The molecule has 2 aromatic carbocycles. The molecule has 0 aliphatic carbocycles. The van der Waals surface area contributed by atoms with Crippen LogP contribution in [0.4, 0.5) is 4.39 Å². The molecule has 0 amide bonds. The van der Waals surface area contributed by atoms with Gasteiger partial charge in [-0.15, -0.1) is 0 Å². The molecular formula is C15H12BrCl2FO3. The minimum atomic E-state index is -0.782. The number of hydrogen-bond donors (Lipinski definition) is 2. The quantitative estimate of drug-likeness (QED) is 0.707. The number of benzene rings is 2. The Morgan fingerprint density at radius 1 is 1.23 bits per heavy atom. The summed E-state index contributed by atoms with van der Waals surface area (Å²) in [6.45, 7) is -0.0992. The number of rotatable bonds is 5. The Labute approximate surface area is 145 Å². The molecule has 0 fully saturated rings. The fourth-order valence-corrected chi connectivity index (χ4v) is 2.65. The van der Waals surface area contributed by atoms with Crippen LogP contribution in [0.25, 0.3) is 11.1 Å². The minimum absolute atomic E-state index is 0.0917. The first kappa shape index (κ1) is 17.3. The standard InChI is InChI=1S/C15H12BrCl2FO3/c16-6-9(20)7-22-13-5-8(19)4-10(15(13)21)14-11(17)2-1-3-12(14)18/h1-5,9,20-21H,6-7H2. The molecule has 0 saturated heterocycles. The Morgan fingerprint density at radius 3 is 2.45 bits per heavy atom. The van der Waals surface area contributed by atoms with E-state index in [9.17, 15) is 14.6 Å². The van der Waals surface area contributed by atoms with Crippen molar-refractivity contribution in [2.24, 2.45) is 0 Å². The molecule has 0 bridgehead atoms. The number of aromatic hydroxyl groups is 1. The predicted molar refractivity (Wildman–Crippen MR) is 88.8 cm³/mol. The average molecular weight is 410 g/mol. The molecule has 0 heterocycles. The van der Waals surface area contributed by atoms with Crippen molar-refractivity contribution in [3.63, 3.8) is 0 Å². The van der Waals surface area contributed by atoms with E-state index >= 15 is 0 Å². The number of aliphatic hydroxyl groups excluding tert-OH is 1. The van der Waals surface area contributed by atoms with Crippen LogP contribution in [0.2, 0.25) is 10.0 Å². The summed E-state index contributed by atoms with van der Waals surface area (Å²) in [6.07, 6.45) is -0.782. The van der Waals surface area contributed by atoms with Crippen LogP contribution in [0.3, 0.4) is 0 Å². The van der Waals surface area contributed by atoms with Crippen molar-refractivity contribution in [2.75, 3.05) is 11.9 Å². The van der Waals surface area contributed by atoms with Crippen molar-refractivity contribution >= 4 is 39.1 Å². The van der Waals surface area contributed by atoms with Crippen LogP contribution >= 0.6 is 39.1 Å². The molecule has 7 heteroatoms. The molecular weight excluding hydrogens is 398 g/mol. The molecule has 0 aliphatic heterocycles. The number of phenolic OH excluding ortho intramolecular Hbond substituents is 1. The van der Waals surface area contributed by atoms with Crippen molar-refractivity contribution in [1.29, 1.82) is 0 Å². The zero-order valence-electron chi connectivity index (χ0n) is 11.2. The van der Waals surface area contributed by atoms with Crippen LogP contribution in [0, 0.1) is 5.82 Å². The maximum atomic E-state index is 13.8. The number of phenols is 1. The lowest BCUT2D eigenvalue weighted by Crippen LogP contribution is -2.18. The normalized spacial score (nSPS) is 12.2. The lowest BCUT2D eigenvalue weighted by molar-refractivity contribution is 0.125. The van der Waals surface area contributed by atoms with E-state index in [4.69, 9.17) is 27.9 Å². The van der Waals surface area contributed by atoms with Gasteiger partial charge < -0.3 is 14.9 Å². The lowest BCUT2D eigenvalue weighted by Gasteiger charge is -2.15. The molecule has 22 heavy (non-hydrogen) atoms. The van der Waals surface area contributed by atoms with Crippen molar-refractivity contribution in [2.45, 2.75) is 6.10 Å². The Hall–Kier alpha value is -1.01. The van der Waals surface area contributed by atoms with Gasteiger partial charge in [0.15, 0.2) is 11.5 Å². The fourth-order valence-electron chi connectivity index (χ4n) is 1.86. The van der Waals surface area contributed by atoms with Gasteiger partial charge >= 0.3 is 0 Å². The van der Waals surface area contributed by atoms with E-state index in [1.807, 2.05) is 0 Å². The number of ether oxygens (including phenoxy) is 1. The van der Waals surface area contributed by atoms with E-state index in [1.54, 1.807) is 18.2 Å². The highest BCUT2D eigenvalue weighted by molar-refractivity contribution is 9.09. The minimum Gasteiger partial charge on any atom is -0.504 e. The first-order chi connectivity index (χ1) is 10.4. The first-order valence-electron chi connectivity index (χ1n) is 6.27. The van der Waals surface area contributed by atoms with Gasteiger partial charge in [0.25, 0.3) is 0 Å². The summed E-state index contributed by atoms with van der Waals surface area (Å²) in [4.78, 5) is 0. The molecule has 0 radical (unpaired) electrons. The van der Waals surface area contributed by atoms with E-state index in [0.717, 1.165) is 12.1 Å². The fraction of sp³-hybridized carbons (Fsp3) is 0.200. The Kier molecular flexibility index (Phi) is 5.92. The van der Waals surface area contributed by atoms with Crippen LogP contribution in [0.15, 0.2) is 30.3 Å². The second-order valence-corrected chi connectivity index (χ2v) is 5.98. The summed E-state index contributed by atoms with van der Waals surface area (Å²) in [5.74, 6) is -1.00. The molecule has 1 atom stereocenters. The lowest BCUT2D eigenvalue weighted by atomic mass is 10.0. The molecule has 118 valence electrons. The Bertz CT molecular complexity index is 662. The van der Waals surface area contributed by atoms with E-state index in [0.29, 0.717) is 10.9 Å². The highest BCUT2D eigenvalue weighted by Gasteiger charge is 2.18. The maximum absolute atomic E-state index is 13.8. The van der Waals surface area contributed by atoms with Crippen molar-refractivity contribution < 1.29 is 19.3 Å². The average Bonchev–Trinajstić information content (AvgIpc) is 2.48. The van der Waals surface area contributed by atoms with Crippen LogP contribution in [0.5, 0.6) is 11.5 Å².